The Kier molecular flexibility index (Phi) is 5.53. The molecule has 5 rings (SSSR count). The highest BCUT2D eigenvalue weighted by molar-refractivity contribution is 5.92. The molecule has 3 heterocycles. The first-order valence-corrected chi connectivity index (χ1v) is 11.5. The Morgan fingerprint density at radius 1 is 1.12 bits per heavy atom. The molecule has 0 bridgehead atoms. The van der Waals surface area contributed by atoms with Crippen LogP contribution in [0, 0.1) is 34.9 Å². The SMILES string of the molecule is N#CCC(=O)N1CCC2CCC(c3c(F)ccc4nc(NC(=O)C5CC5)nn34)CC2CC1. The average molecular weight is 439 g/mol. The van der Waals surface area contributed by atoms with Gasteiger partial charge >= 0.3 is 0 Å². The Morgan fingerprint density at radius 3 is 2.66 bits per heavy atom. The highest BCUT2D eigenvalue weighted by atomic mass is 19.1. The van der Waals surface area contributed by atoms with E-state index in [9.17, 15) is 9.59 Å². The van der Waals surface area contributed by atoms with Gasteiger partial charge in [0.25, 0.3) is 0 Å². The average Bonchev–Trinajstić information content (AvgIpc) is 3.58. The van der Waals surface area contributed by atoms with Crippen molar-refractivity contribution in [3.05, 3.63) is 23.6 Å². The smallest absolute Gasteiger partial charge is 0.249 e. The number of nitriles is 1. The molecule has 2 amide bonds. The molecule has 168 valence electrons. The van der Waals surface area contributed by atoms with E-state index in [1.807, 2.05) is 11.0 Å². The van der Waals surface area contributed by atoms with Crippen LogP contribution in [0.1, 0.15) is 63.0 Å². The number of fused-ring (bicyclic) bond motifs is 2. The number of halogens is 1. The number of amides is 2. The molecule has 2 saturated carbocycles. The van der Waals surface area contributed by atoms with Crippen LogP contribution in [0.5, 0.6) is 0 Å². The minimum absolute atomic E-state index is 0.00925. The Bertz CT molecular complexity index is 1090. The van der Waals surface area contributed by atoms with E-state index in [0.29, 0.717) is 36.3 Å². The van der Waals surface area contributed by atoms with E-state index >= 15 is 4.39 Å². The molecule has 32 heavy (non-hydrogen) atoms. The van der Waals surface area contributed by atoms with Crippen LogP contribution in [0.15, 0.2) is 12.1 Å². The Balaban J connectivity index is 1.35. The zero-order valence-electron chi connectivity index (χ0n) is 18.0. The first-order chi connectivity index (χ1) is 15.5. The molecule has 1 N–H and O–H groups in total. The van der Waals surface area contributed by atoms with E-state index in [4.69, 9.17) is 5.26 Å². The van der Waals surface area contributed by atoms with E-state index in [1.165, 1.54) is 6.07 Å². The van der Waals surface area contributed by atoms with Crippen molar-refractivity contribution in [2.75, 3.05) is 18.4 Å². The normalized spacial score (nSPS) is 25.6. The van der Waals surface area contributed by atoms with Crippen molar-refractivity contribution in [2.24, 2.45) is 17.8 Å². The summed E-state index contributed by atoms with van der Waals surface area (Å²) in [6.07, 6.45) is 6.18. The lowest BCUT2D eigenvalue weighted by Crippen LogP contribution is -2.31. The maximum absolute atomic E-state index is 15.0. The molecule has 0 radical (unpaired) electrons. The quantitative estimate of drug-likeness (QED) is 0.789. The lowest BCUT2D eigenvalue weighted by atomic mass is 9.71. The largest absolute Gasteiger partial charge is 0.342 e. The van der Waals surface area contributed by atoms with Crippen molar-refractivity contribution < 1.29 is 14.0 Å². The van der Waals surface area contributed by atoms with E-state index in [1.54, 1.807) is 10.6 Å². The van der Waals surface area contributed by atoms with Crippen molar-refractivity contribution >= 4 is 23.4 Å². The summed E-state index contributed by atoms with van der Waals surface area (Å²) in [7, 11) is 0. The van der Waals surface area contributed by atoms with Gasteiger partial charge in [0, 0.05) is 24.9 Å². The van der Waals surface area contributed by atoms with Gasteiger partial charge in [0.05, 0.1) is 11.8 Å². The molecule has 8 nitrogen and oxygen atoms in total. The van der Waals surface area contributed by atoms with Crippen molar-refractivity contribution in [1.29, 1.82) is 5.26 Å². The molecule has 1 aliphatic heterocycles. The molecule has 2 aromatic rings. The summed E-state index contributed by atoms with van der Waals surface area (Å²) >= 11 is 0. The van der Waals surface area contributed by atoms with Gasteiger partial charge in [0.2, 0.25) is 17.8 Å². The molecule has 9 heteroatoms. The number of carbonyl (C=O) groups excluding carboxylic acids is 2. The molecular weight excluding hydrogens is 411 g/mol. The van der Waals surface area contributed by atoms with Crippen LogP contribution in [0.3, 0.4) is 0 Å². The minimum atomic E-state index is -0.301. The van der Waals surface area contributed by atoms with Gasteiger partial charge < -0.3 is 4.90 Å². The Hall–Kier alpha value is -3.02. The monoisotopic (exact) mass is 438 g/mol. The lowest BCUT2D eigenvalue weighted by Gasteiger charge is -2.35. The zero-order valence-corrected chi connectivity index (χ0v) is 18.0. The lowest BCUT2D eigenvalue weighted by molar-refractivity contribution is -0.130. The number of hydrogen-bond donors (Lipinski definition) is 1. The van der Waals surface area contributed by atoms with Gasteiger partial charge in [0.1, 0.15) is 12.2 Å². The van der Waals surface area contributed by atoms with E-state index < -0.39 is 0 Å². The van der Waals surface area contributed by atoms with Crippen molar-refractivity contribution in [3.63, 3.8) is 0 Å². The molecule has 3 unspecified atom stereocenters. The maximum atomic E-state index is 15.0. The van der Waals surface area contributed by atoms with Gasteiger partial charge in [-0.2, -0.15) is 10.2 Å². The van der Waals surface area contributed by atoms with Crippen LogP contribution in [0.25, 0.3) is 5.65 Å². The van der Waals surface area contributed by atoms with E-state index in [0.717, 1.165) is 44.9 Å². The molecular formula is C23H27FN6O2. The van der Waals surface area contributed by atoms with Crippen molar-refractivity contribution in [1.82, 2.24) is 19.5 Å². The molecule has 3 atom stereocenters. The molecule has 2 aliphatic carbocycles. The number of nitrogens with zero attached hydrogens (tertiary/aromatic N) is 5. The zero-order chi connectivity index (χ0) is 22.2. The first-order valence-electron chi connectivity index (χ1n) is 11.5. The third kappa shape index (κ3) is 4.06. The highest BCUT2D eigenvalue weighted by Crippen LogP contribution is 2.44. The summed E-state index contributed by atoms with van der Waals surface area (Å²) in [5, 5.41) is 16.0. The van der Waals surface area contributed by atoms with E-state index in [-0.39, 0.29) is 41.8 Å². The predicted octanol–water partition coefficient (Wildman–Crippen LogP) is 3.25. The second-order valence-corrected chi connectivity index (χ2v) is 9.36. The molecule has 0 spiro atoms. The van der Waals surface area contributed by atoms with Crippen molar-refractivity contribution in [2.45, 2.75) is 57.3 Å². The molecule has 3 fully saturated rings. The summed E-state index contributed by atoms with van der Waals surface area (Å²) in [6, 6.07) is 4.98. The Labute approximate surface area is 185 Å². The van der Waals surface area contributed by atoms with Crippen LogP contribution in [0.4, 0.5) is 10.3 Å². The number of nitrogens with one attached hydrogen (secondary N) is 1. The molecule has 1 saturated heterocycles. The van der Waals surface area contributed by atoms with Gasteiger partial charge in [-0.25, -0.2) is 8.91 Å². The number of carbonyl (C=O) groups is 2. The number of anilines is 1. The van der Waals surface area contributed by atoms with Gasteiger partial charge in [-0.3, -0.25) is 14.9 Å². The number of pyridine rings is 1. The molecule has 2 aromatic heterocycles. The fourth-order valence-electron chi connectivity index (χ4n) is 5.41. The highest BCUT2D eigenvalue weighted by Gasteiger charge is 2.36. The van der Waals surface area contributed by atoms with Crippen LogP contribution in [0.2, 0.25) is 0 Å². The fraction of sp³-hybridized carbons (Fsp3) is 0.609. The molecule has 0 aromatic carbocycles. The van der Waals surface area contributed by atoms with Crippen LogP contribution in [-0.4, -0.2) is 44.4 Å². The summed E-state index contributed by atoms with van der Waals surface area (Å²) < 4.78 is 16.6. The first kappa shape index (κ1) is 20.9. The second-order valence-electron chi connectivity index (χ2n) is 9.36. The van der Waals surface area contributed by atoms with Gasteiger partial charge in [-0.1, -0.05) is 0 Å². The standard InChI is InChI=1S/C23H27FN6O2/c24-18-5-6-19-26-23(27-22(32)15-2-3-15)28-30(19)21(18)17-4-1-14-8-11-29(20(31)7-10-25)12-9-16(14)13-17/h5-6,14-17H,1-4,7-9,11-13H2,(H,27,28,32). The Morgan fingerprint density at radius 2 is 1.91 bits per heavy atom. The maximum Gasteiger partial charge on any atom is 0.249 e. The summed E-state index contributed by atoms with van der Waals surface area (Å²) in [5.41, 5.74) is 1.06. The summed E-state index contributed by atoms with van der Waals surface area (Å²) in [5.74, 6) is 0.726. The van der Waals surface area contributed by atoms with E-state index in [2.05, 4.69) is 15.4 Å². The summed E-state index contributed by atoms with van der Waals surface area (Å²) in [6.45, 7) is 1.35. The number of likely N-dealkylation sites (tertiary alicyclic amines) is 1. The van der Waals surface area contributed by atoms with Gasteiger partial charge in [-0.15, -0.1) is 5.10 Å². The van der Waals surface area contributed by atoms with Gasteiger partial charge in [-0.05, 0) is 68.9 Å². The predicted molar refractivity (Wildman–Crippen MR) is 114 cm³/mol. The third-order valence-electron chi connectivity index (χ3n) is 7.32. The number of aromatic nitrogens is 3. The second kappa shape index (κ2) is 8.49. The van der Waals surface area contributed by atoms with Crippen molar-refractivity contribution in [3.8, 4) is 6.07 Å². The topological polar surface area (TPSA) is 103 Å². The summed E-state index contributed by atoms with van der Waals surface area (Å²) in [4.78, 5) is 30.4. The van der Waals surface area contributed by atoms with Gasteiger partial charge in [0.15, 0.2) is 5.65 Å². The number of hydrogen-bond acceptors (Lipinski definition) is 5. The fourth-order valence-corrected chi connectivity index (χ4v) is 5.41. The van der Waals surface area contributed by atoms with Crippen LogP contribution in [-0.2, 0) is 9.59 Å². The van der Waals surface area contributed by atoms with Crippen LogP contribution < -0.4 is 5.32 Å². The number of rotatable bonds is 4. The minimum Gasteiger partial charge on any atom is -0.342 e. The molecule has 3 aliphatic rings. The van der Waals surface area contributed by atoms with Crippen LogP contribution >= 0.6 is 0 Å². The third-order valence-corrected chi connectivity index (χ3v) is 7.32.